The molecule has 2 aromatic carbocycles. The summed E-state index contributed by atoms with van der Waals surface area (Å²) in [6.07, 6.45) is 0. The molecule has 0 radical (unpaired) electrons. The predicted molar refractivity (Wildman–Crippen MR) is 97.8 cm³/mol. The number of methoxy groups -OCH3 is 2. The summed E-state index contributed by atoms with van der Waals surface area (Å²) in [5, 5.41) is 2.65. The number of benzene rings is 2. The summed E-state index contributed by atoms with van der Waals surface area (Å²) in [4.78, 5) is 11.8. The van der Waals surface area contributed by atoms with Crippen molar-refractivity contribution in [3.8, 4) is 34.8 Å². The van der Waals surface area contributed by atoms with Crippen LogP contribution in [0.25, 0.3) is 0 Å². The van der Waals surface area contributed by atoms with Crippen molar-refractivity contribution in [3.05, 3.63) is 48.5 Å². The molecule has 0 saturated carbocycles. The molecule has 0 fully saturated rings. The summed E-state index contributed by atoms with van der Waals surface area (Å²) in [6.45, 7) is 0.303. The van der Waals surface area contributed by atoms with Crippen molar-refractivity contribution in [2.75, 3.05) is 34.0 Å². The lowest BCUT2D eigenvalue weighted by Crippen LogP contribution is -2.29. The van der Waals surface area contributed by atoms with Gasteiger partial charge in [0.1, 0.15) is 6.61 Å². The quantitative estimate of drug-likeness (QED) is 0.736. The molecule has 0 saturated heterocycles. The van der Waals surface area contributed by atoms with Crippen LogP contribution in [0.1, 0.15) is 0 Å². The van der Waals surface area contributed by atoms with Crippen molar-refractivity contribution in [2.45, 2.75) is 0 Å². The van der Waals surface area contributed by atoms with Gasteiger partial charge in [-0.25, -0.2) is 0 Å². The van der Waals surface area contributed by atoms with Gasteiger partial charge in [-0.05, 0) is 24.3 Å². The van der Waals surface area contributed by atoms with Gasteiger partial charge < -0.3 is 24.3 Å². The minimum atomic E-state index is -0.268. The fourth-order valence-corrected chi connectivity index (χ4v) is 2.04. The van der Waals surface area contributed by atoms with E-state index in [0.717, 1.165) is 0 Å². The van der Waals surface area contributed by atoms with Crippen molar-refractivity contribution >= 4 is 5.91 Å². The van der Waals surface area contributed by atoms with Crippen LogP contribution in [0.2, 0.25) is 0 Å². The average Bonchev–Trinajstić information content (AvgIpc) is 2.69. The van der Waals surface area contributed by atoms with Gasteiger partial charge in [0.05, 0.1) is 20.8 Å². The monoisotopic (exact) mass is 355 g/mol. The molecule has 0 aliphatic rings. The Hall–Kier alpha value is -3.33. The minimum absolute atomic E-state index is 0.111. The molecule has 6 nitrogen and oxygen atoms in total. The van der Waals surface area contributed by atoms with Crippen LogP contribution in [-0.2, 0) is 4.79 Å². The van der Waals surface area contributed by atoms with Crippen LogP contribution in [0.15, 0.2) is 48.5 Å². The molecule has 0 unspecified atom stereocenters. The van der Waals surface area contributed by atoms with Gasteiger partial charge in [0.25, 0.3) is 5.91 Å². The van der Waals surface area contributed by atoms with Gasteiger partial charge in [0, 0.05) is 0 Å². The number of amides is 1. The first-order chi connectivity index (χ1) is 12.7. The molecular weight excluding hydrogens is 334 g/mol. The lowest BCUT2D eigenvalue weighted by molar-refractivity contribution is -0.122. The molecule has 0 aromatic heterocycles. The molecule has 2 aromatic rings. The predicted octanol–water partition coefficient (Wildman–Crippen LogP) is 2.28. The van der Waals surface area contributed by atoms with Gasteiger partial charge in [0.15, 0.2) is 29.6 Å². The largest absolute Gasteiger partial charge is 0.493 e. The first-order valence-corrected chi connectivity index (χ1v) is 7.98. The molecule has 0 spiro atoms. The second-order valence-electron chi connectivity index (χ2n) is 5.01. The van der Waals surface area contributed by atoms with E-state index in [4.69, 9.17) is 18.9 Å². The summed E-state index contributed by atoms with van der Waals surface area (Å²) in [5.74, 6) is 7.74. The summed E-state index contributed by atoms with van der Waals surface area (Å²) >= 11 is 0. The molecule has 136 valence electrons. The third kappa shape index (κ3) is 5.95. The summed E-state index contributed by atoms with van der Waals surface area (Å²) in [7, 11) is 3.13. The Kier molecular flexibility index (Phi) is 7.69. The SMILES string of the molecule is COc1ccccc1OCC#CCNC(=O)COc1ccccc1OC. The zero-order chi connectivity index (χ0) is 18.6. The highest BCUT2D eigenvalue weighted by Crippen LogP contribution is 2.26. The molecule has 0 bridgehead atoms. The Labute approximate surface area is 153 Å². The van der Waals surface area contributed by atoms with Crippen LogP contribution in [-0.4, -0.2) is 39.9 Å². The van der Waals surface area contributed by atoms with Crippen molar-refractivity contribution in [1.82, 2.24) is 5.32 Å². The van der Waals surface area contributed by atoms with Crippen molar-refractivity contribution in [1.29, 1.82) is 0 Å². The Balaban J connectivity index is 1.68. The molecule has 6 heteroatoms. The zero-order valence-electron chi connectivity index (χ0n) is 14.8. The van der Waals surface area contributed by atoms with Crippen molar-refractivity contribution < 1.29 is 23.7 Å². The molecule has 0 atom stereocenters. The van der Waals surface area contributed by atoms with E-state index >= 15 is 0 Å². The molecule has 0 heterocycles. The maximum absolute atomic E-state index is 11.8. The maximum atomic E-state index is 11.8. The molecule has 1 N–H and O–H groups in total. The van der Waals surface area contributed by atoms with E-state index in [2.05, 4.69) is 17.2 Å². The smallest absolute Gasteiger partial charge is 0.258 e. The van der Waals surface area contributed by atoms with Gasteiger partial charge in [-0.15, -0.1) is 0 Å². The fourth-order valence-electron chi connectivity index (χ4n) is 2.04. The van der Waals surface area contributed by atoms with Crippen LogP contribution in [0.3, 0.4) is 0 Å². The highest BCUT2D eigenvalue weighted by Gasteiger charge is 2.05. The average molecular weight is 355 g/mol. The molecule has 2 rings (SSSR count). The second kappa shape index (κ2) is 10.5. The molecule has 1 amide bonds. The maximum Gasteiger partial charge on any atom is 0.258 e. The van der Waals surface area contributed by atoms with E-state index < -0.39 is 0 Å². The van der Waals surface area contributed by atoms with Gasteiger partial charge in [-0.1, -0.05) is 36.1 Å². The Morgan fingerprint density at radius 1 is 0.846 bits per heavy atom. The van der Waals surface area contributed by atoms with Gasteiger partial charge in [0.2, 0.25) is 0 Å². The number of rotatable bonds is 8. The lowest BCUT2D eigenvalue weighted by Gasteiger charge is -2.09. The molecular formula is C20H21NO5. The Morgan fingerprint density at radius 3 is 1.96 bits per heavy atom. The summed E-state index contributed by atoms with van der Waals surface area (Å²) < 4.78 is 21.3. The van der Waals surface area contributed by atoms with Gasteiger partial charge in [-0.2, -0.15) is 0 Å². The van der Waals surface area contributed by atoms with E-state index in [1.54, 1.807) is 32.4 Å². The third-order valence-corrected chi connectivity index (χ3v) is 3.30. The number of hydrogen-bond acceptors (Lipinski definition) is 5. The number of nitrogens with one attached hydrogen (secondary N) is 1. The van der Waals surface area contributed by atoms with Crippen LogP contribution >= 0.6 is 0 Å². The fraction of sp³-hybridized carbons (Fsp3) is 0.250. The van der Waals surface area contributed by atoms with E-state index in [1.807, 2.05) is 30.3 Å². The second-order valence-corrected chi connectivity index (χ2v) is 5.01. The van der Waals surface area contributed by atoms with Crippen LogP contribution in [0.5, 0.6) is 23.0 Å². The first-order valence-electron chi connectivity index (χ1n) is 7.98. The van der Waals surface area contributed by atoms with E-state index in [-0.39, 0.29) is 25.7 Å². The van der Waals surface area contributed by atoms with Crippen molar-refractivity contribution in [3.63, 3.8) is 0 Å². The van der Waals surface area contributed by atoms with Gasteiger partial charge in [-0.3, -0.25) is 4.79 Å². The number of carbonyl (C=O) groups is 1. The topological polar surface area (TPSA) is 66.0 Å². The zero-order valence-corrected chi connectivity index (χ0v) is 14.8. The molecule has 26 heavy (non-hydrogen) atoms. The highest BCUT2D eigenvalue weighted by molar-refractivity contribution is 5.77. The van der Waals surface area contributed by atoms with Crippen LogP contribution < -0.4 is 24.3 Å². The van der Waals surface area contributed by atoms with Crippen molar-refractivity contribution in [2.24, 2.45) is 0 Å². The standard InChI is InChI=1S/C20H21NO5/c1-23-16-9-3-5-11-18(16)25-14-8-7-13-21-20(22)15-26-19-12-6-4-10-17(19)24-2/h3-6,9-12H,13-15H2,1-2H3,(H,21,22). The lowest BCUT2D eigenvalue weighted by atomic mass is 10.3. The minimum Gasteiger partial charge on any atom is -0.493 e. The number of para-hydroxylation sites is 4. The molecule has 0 aliphatic carbocycles. The van der Waals surface area contributed by atoms with E-state index in [0.29, 0.717) is 23.0 Å². The third-order valence-electron chi connectivity index (χ3n) is 3.30. The Bertz CT molecular complexity index is 779. The number of carbonyl (C=O) groups excluding carboxylic acids is 1. The van der Waals surface area contributed by atoms with E-state index in [1.165, 1.54) is 0 Å². The summed E-state index contributed by atoms with van der Waals surface area (Å²) in [6, 6.07) is 14.5. The van der Waals surface area contributed by atoms with Crippen LogP contribution in [0, 0.1) is 11.8 Å². The van der Waals surface area contributed by atoms with Crippen LogP contribution in [0.4, 0.5) is 0 Å². The van der Waals surface area contributed by atoms with Gasteiger partial charge >= 0.3 is 0 Å². The normalized spacial score (nSPS) is 9.46. The highest BCUT2D eigenvalue weighted by atomic mass is 16.5. The number of hydrogen-bond donors (Lipinski definition) is 1. The Morgan fingerprint density at radius 2 is 1.38 bits per heavy atom. The first kappa shape index (κ1) is 19.0. The molecule has 0 aliphatic heterocycles. The number of ether oxygens (including phenoxy) is 4. The summed E-state index contributed by atoms with van der Waals surface area (Å²) in [5.41, 5.74) is 0. The van der Waals surface area contributed by atoms with E-state index in [9.17, 15) is 4.79 Å².